The van der Waals surface area contributed by atoms with E-state index >= 15 is 0 Å². The number of aromatic nitrogens is 4. The molecule has 1 fully saturated rings. The summed E-state index contributed by atoms with van der Waals surface area (Å²) >= 11 is 6.40. The van der Waals surface area contributed by atoms with E-state index < -0.39 is 0 Å². The first kappa shape index (κ1) is 19.4. The Morgan fingerprint density at radius 3 is 2.83 bits per heavy atom. The molecule has 29 heavy (non-hydrogen) atoms. The van der Waals surface area contributed by atoms with Crippen LogP contribution in [0.25, 0.3) is 11.3 Å². The lowest BCUT2D eigenvalue weighted by atomic mass is 9.95. The highest BCUT2D eigenvalue weighted by Gasteiger charge is 2.26. The van der Waals surface area contributed by atoms with Crippen molar-refractivity contribution in [3.05, 3.63) is 59.4 Å². The van der Waals surface area contributed by atoms with Crippen LogP contribution in [0.5, 0.6) is 0 Å². The number of piperidine rings is 1. The Balaban J connectivity index is 1.40. The maximum atomic E-state index is 12.4. The maximum Gasteiger partial charge on any atom is 0.223 e. The van der Waals surface area contributed by atoms with Crippen molar-refractivity contribution in [2.24, 2.45) is 5.92 Å². The molecular weight excluding hydrogens is 388 g/mol. The zero-order valence-electron chi connectivity index (χ0n) is 16.2. The van der Waals surface area contributed by atoms with E-state index in [9.17, 15) is 4.79 Å². The summed E-state index contributed by atoms with van der Waals surface area (Å²) in [7, 11) is 0. The average Bonchev–Trinajstić information content (AvgIpc) is 3.27. The molecule has 150 valence electrons. The average molecular weight is 411 g/mol. The number of amides is 1. The van der Waals surface area contributed by atoms with Gasteiger partial charge in [0.15, 0.2) is 0 Å². The summed E-state index contributed by atoms with van der Waals surface area (Å²) < 4.78 is 0. The molecule has 7 nitrogen and oxygen atoms in total. The van der Waals surface area contributed by atoms with Gasteiger partial charge in [0, 0.05) is 49.4 Å². The predicted molar refractivity (Wildman–Crippen MR) is 113 cm³/mol. The highest BCUT2D eigenvalue weighted by molar-refractivity contribution is 6.33. The number of carbonyl (C=O) groups is 1. The lowest BCUT2D eigenvalue weighted by Crippen LogP contribution is -2.40. The van der Waals surface area contributed by atoms with Crippen molar-refractivity contribution in [2.75, 3.05) is 18.0 Å². The van der Waals surface area contributed by atoms with E-state index in [1.165, 1.54) is 0 Å². The van der Waals surface area contributed by atoms with E-state index in [2.05, 4.69) is 30.2 Å². The van der Waals surface area contributed by atoms with Gasteiger partial charge < -0.3 is 15.2 Å². The van der Waals surface area contributed by atoms with Crippen LogP contribution in [-0.4, -0.2) is 38.9 Å². The van der Waals surface area contributed by atoms with Gasteiger partial charge in [0.05, 0.1) is 17.3 Å². The van der Waals surface area contributed by atoms with Crippen LogP contribution < -0.4 is 10.2 Å². The second kappa shape index (κ2) is 8.61. The van der Waals surface area contributed by atoms with Crippen molar-refractivity contribution in [1.82, 2.24) is 25.3 Å². The minimum atomic E-state index is 0.00557. The largest absolute Gasteiger partial charge is 0.357 e. The van der Waals surface area contributed by atoms with Gasteiger partial charge in [0.2, 0.25) is 5.91 Å². The minimum Gasteiger partial charge on any atom is -0.357 e. The van der Waals surface area contributed by atoms with Gasteiger partial charge in [-0.2, -0.15) is 0 Å². The first-order valence-electron chi connectivity index (χ1n) is 9.70. The first-order chi connectivity index (χ1) is 14.1. The van der Waals surface area contributed by atoms with Gasteiger partial charge in [0.1, 0.15) is 11.6 Å². The fourth-order valence-corrected chi connectivity index (χ4v) is 3.82. The quantitative estimate of drug-likeness (QED) is 0.673. The zero-order chi connectivity index (χ0) is 20.2. The Kier molecular flexibility index (Phi) is 5.76. The number of halogens is 1. The van der Waals surface area contributed by atoms with Crippen LogP contribution in [0, 0.1) is 12.8 Å². The fraction of sp³-hybridized carbons (Fsp3) is 0.333. The van der Waals surface area contributed by atoms with Crippen LogP contribution in [0.4, 0.5) is 5.82 Å². The van der Waals surface area contributed by atoms with Crippen molar-refractivity contribution in [1.29, 1.82) is 0 Å². The van der Waals surface area contributed by atoms with Gasteiger partial charge in [-0.25, -0.2) is 9.97 Å². The number of pyridine rings is 2. The Bertz CT molecular complexity index is 983. The highest BCUT2D eigenvalue weighted by atomic mass is 35.5. The number of imidazole rings is 1. The molecule has 0 spiro atoms. The summed E-state index contributed by atoms with van der Waals surface area (Å²) in [5.74, 6) is 1.71. The molecule has 0 aliphatic carbocycles. The lowest BCUT2D eigenvalue weighted by Gasteiger charge is -2.32. The molecule has 0 radical (unpaired) electrons. The number of carbonyl (C=O) groups excluding carboxylic acids is 1. The number of anilines is 1. The molecule has 3 aromatic rings. The van der Waals surface area contributed by atoms with E-state index in [1.54, 1.807) is 24.8 Å². The smallest absolute Gasteiger partial charge is 0.223 e. The Labute approximate surface area is 174 Å². The lowest BCUT2D eigenvalue weighted by molar-refractivity contribution is -0.125. The summed E-state index contributed by atoms with van der Waals surface area (Å²) in [4.78, 5) is 30.8. The van der Waals surface area contributed by atoms with E-state index in [4.69, 9.17) is 11.6 Å². The topological polar surface area (TPSA) is 86.8 Å². The van der Waals surface area contributed by atoms with E-state index in [-0.39, 0.29) is 11.8 Å². The second-order valence-electron chi connectivity index (χ2n) is 7.21. The van der Waals surface area contributed by atoms with Crippen LogP contribution in [0.15, 0.2) is 43.0 Å². The normalized spacial score (nSPS) is 14.8. The van der Waals surface area contributed by atoms with E-state index in [0.717, 1.165) is 54.4 Å². The van der Waals surface area contributed by atoms with Crippen molar-refractivity contribution >= 4 is 23.3 Å². The summed E-state index contributed by atoms with van der Waals surface area (Å²) in [6, 6.07) is 5.93. The molecule has 4 rings (SSSR count). The SMILES string of the molecule is Cc1cccnc1-c1cc(N2CCC(C(=O)NCc3ncc[nH]3)CC2)ncc1Cl. The summed E-state index contributed by atoms with van der Waals surface area (Å²) in [6.45, 7) is 3.99. The molecule has 0 unspecified atom stereocenters. The van der Waals surface area contributed by atoms with Crippen LogP contribution in [0.2, 0.25) is 5.02 Å². The molecule has 0 aromatic carbocycles. The number of nitrogens with zero attached hydrogens (tertiary/aromatic N) is 4. The molecule has 1 aliphatic heterocycles. The van der Waals surface area contributed by atoms with Crippen LogP contribution in [0.1, 0.15) is 24.2 Å². The van der Waals surface area contributed by atoms with Gasteiger partial charge in [-0.1, -0.05) is 17.7 Å². The van der Waals surface area contributed by atoms with Crippen molar-refractivity contribution in [3.63, 3.8) is 0 Å². The minimum absolute atomic E-state index is 0.00557. The molecule has 0 saturated carbocycles. The molecule has 1 amide bonds. The number of nitrogens with one attached hydrogen (secondary N) is 2. The molecule has 3 aromatic heterocycles. The fourth-order valence-electron chi connectivity index (χ4n) is 3.63. The maximum absolute atomic E-state index is 12.4. The Morgan fingerprint density at radius 1 is 1.28 bits per heavy atom. The number of rotatable bonds is 5. The summed E-state index contributed by atoms with van der Waals surface area (Å²) in [6.07, 6.45) is 8.45. The van der Waals surface area contributed by atoms with Gasteiger partial charge in [-0.15, -0.1) is 0 Å². The Morgan fingerprint density at radius 2 is 2.10 bits per heavy atom. The molecule has 1 saturated heterocycles. The van der Waals surface area contributed by atoms with Crippen LogP contribution >= 0.6 is 11.6 Å². The van der Waals surface area contributed by atoms with Gasteiger partial charge in [0.25, 0.3) is 0 Å². The third-order valence-corrected chi connectivity index (χ3v) is 5.58. The molecule has 0 atom stereocenters. The highest BCUT2D eigenvalue weighted by Crippen LogP contribution is 2.32. The van der Waals surface area contributed by atoms with Crippen LogP contribution in [-0.2, 0) is 11.3 Å². The van der Waals surface area contributed by atoms with Gasteiger partial charge in [-0.05, 0) is 37.5 Å². The van der Waals surface area contributed by atoms with E-state index in [0.29, 0.717) is 11.6 Å². The van der Waals surface area contributed by atoms with Crippen molar-refractivity contribution in [2.45, 2.75) is 26.3 Å². The molecular formula is C21H23ClN6O. The molecule has 1 aliphatic rings. The first-order valence-corrected chi connectivity index (χ1v) is 10.1. The van der Waals surface area contributed by atoms with Crippen molar-refractivity contribution in [3.8, 4) is 11.3 Å². The van der Waals surface area contributed by atoms with Gasteiger partial charge in [-0.3, -0.25) is 9.78 Å². The number of aryl methyl sites for hydroxylation is 1. The van der Waals surface area contributed by atoms with Crippen LogP contribution in [0.3, 0.4) is 0 Å². The monoisotopic (exact) mass is 410 g/mol. The predicted octanol–water partition coefficient (Wildman–Crippen LogP) is 3.36. The number of hydrogen-bond acceptors (Lipinski definition) is 5. The van der Waals surface area contributed by atoms with E-state index in [1.807, 2.05) is 25.1 Å². The Hall–Kier alpha value is -2.93. The standard InChI is InChI=1S/C21H23ClN6O/c1-14-3-2-6-25-20(14)16-11-19(26-12-17(16)22)28-9-4-15(5-10-28)21(29)27-13-18-23-7-8-24-18/h2-3,6-8,11-12,15H,4-5,9-10,13H2,1H3,(H,23,24)(H,27,29). The number of H-pyrrole nitrogens is 1. The number of hydrogen-bond donors (Lipinski definition) is 2. The third kappa shape index (κ3) is 4.40. The second-order valence-corrected chi connectivity index (χ2v) is 7.61. The van der Waals surface area contributed by atoms with Gasteiger partial charge >= 0.3 is 0 Å². The molecule has 0 bridgehead atoms. The zero-order valence-corrected chi connectivity index (χ0v) is 17.0. The molecule has 8 heteroatoms. The summed E-state index contributed by atoms with van der Waals surface area (Å²) in [5.41, 5.74) is 2.82. The molecule has 2 N–H and O–H groups in total. The van der Waals surface area contributed by atoms with Crippen molar-refractivity contribution < 1.29 is 4.79 Å². The third-order valence-electron chi connectivity index (χ3n) is 5.28. The number of aromatic amines is 1. The molecule has 4 heterocycles. The summed E-state index contributed by atoms with van der Waals surface area (Å²) in [5, 5.41) is 3.55.